The van der Waals surface area contributed by atoms with Gasteiger partial charge in [0.25, 0.3) is 5.91 Å². The minimum Gasteiger partial charge on any atom is -0.308 e. The summed E-state index contributed by atoms with van der Waals surface area (Å²) in [6.07, 6.45) is 4.64. The largest absolute Gasteiger partial charge is 0.308 e. The number of fused-ring (bicyclic) bond motifs is 1. The van der Waals surface area contributed by atoms with Gasteiger partial charge in [-0.1, -0.05) is 12.1 Å². The fourth-order valence-corrected chi connectivity index (χ4v) is 5.19. The first-order chi connectivity index (χ1) is 11.7. The summed E-state index contributed by atoms with van der Waals surface area (Å²) < 4.78 is 1.08. The molecule has 0 aliphatic carbocycles. The molecule has 3 heterocycles. The van der Waals surface area contributed by atoms with Crippen LogP contribution < -0.4 is 4.90 Å². The van der Waals surface area contributed by atoms with E-state index in [4.69, 9.17) is 0 Å². The highest BCUT2D eigenvalue weighted by atomic mass is 32.2. The first-order valence-corrected chi connectivity index (χ1v) is 9.81. The lowest BCUT2D eigenvalue weighted by Gasteiger charge is -2.28. The third-order valence-electron chi connectivity index (χ3n) is 4.26. The van der Waals surface area contributed by atoms with Crippen molar-refractivity contribution in [2.24, 2.45) is 0 Å². The third kappa shape index (κ3) is 2.46. The Morgan fingerprint density at radius 3 is 2.92 bits per heavy atom. The van der Waals surface area contributed by atoms with Crippen LogP contribution in [0, 0.1) is 6.92 Å². The number of thioether (sulfide) groups is 1. The lowest BCUT2D eigenvalue weighted by atomic mass is 9.99. The molecular formula is C18H17N3OS2. The molecule has 4 nitrogen and oxygen atoms in total. The number of carbonyl (C=O) groups excluding carboxylic acids is 1. The van der Waals surface area contributed by atoms with E-state index in [2.05, 4.69) is 29.3 Å². The SMILES string of the molecule is CSc1sc(-c2ccn[nH]2)c2c1C(=O)N(c1cccc(C)c1)CC2. The van der Waals surface area contributed by atoms with Crippen LogP contribution in [0.2, 0.25) is 0 Å². The second kappa shape index (κ2) is 6.11. The number of hydrogen-bond acceptors (Lipinski definition) is 4. The zero-order valence-corrected chi connectivity index (χ0v) is 15.1. The molecule has 1 aromatic carbocycles. The number of nitrogens with one attached hydrogen (secondary N) is 1. The van der Waals surface area contributed by atoms with Crippen molar-refractivity contribution in [1.29, 1.82) is 0 Å². The van der Waals surface area contributed by atoms with Crippen molar-refractivity contribution in [1.82, 2.24) is 10.2 Å². The molecule has 1 amide bonds. The lowest BCUT2D eigenvalue weighted by molar-refractivity contribution is 0.0978. The summed E-state index contributed by atoms with van der Waals surface area (Å²) in [7, 11) is 0. The van der Waals surface area contributed by atoms with Gasteiger partial charge in [-0.05, 0) is 48.9 Å². The molecule has 6 heteroatoms. The van der Waals surface area contributed by atoms with Crippen LogP contribution in [0.4, 0.5) is 5.69 Å². The normalized spacial score (nSPS) is 14.1. The summed E-state index contributed by atoms with van der Waals surface area (Å²) >= 11 is 3.32. The number of benzene rings is 1. The van der Waals surface area contributed by atoms with Gasteiger partial charge in [0.05, 0.1) is 20.3 Å². The van der Waals surface area contributed by atoms with Gasteiger partial charge in [0.1, 0.15) is 0 Å². The van der Waals surface area contributed by atoms with Gasteiger partial charge in [-0.15, -0.1) is 23.1 Å². The van der Waals surface area contributed by atoms with Crippen LogP contribution in [-0.4, -0.2) is 28.9 Å². The van der Waals surface area contributed by atoms with Crippen LogP contribution in [0.3, 0.4) is 0 Å². The first kappa shape index (κ1) is 15.5. The standard InChI is InChI=1S/C18H17N3OS2/c1-11-4-3-5-12(10-11)21-9-7-13-15(17(21)22)18(23-2)24-16(13)14-6-8-19-20-14/h3-6,8,10H,7,9H2,1-2H3,(H,19,20). The van der Waals surface area contributed by atoms with Crippen LogP contribution in [0.15, 0.2) is 40.7 Å². The quantitative estimate of drug-likeness (QED) is 0.710. The molecule has 1 aliphatic heterocycles. The highest BCUT2D eigenvalue weighted by Gasteiger charge is 2.32. The number of hydrogen-bond donors (Lipinski definition) is 1. The Hall–Kier alpha value is -2.05. The smallest absolute Gasteiger partial charge is 0.260 e. The fraction of sp³-hybridized carbons (Fsp3) is 0.222. The number of aromatic amines is 1. The third-order valence-corrected chi connectivity index (χ3v) is 6.65. The zero-order chi connectivity index (χ0) is 16.7. The van der Waals surface area contributed by atoms with Gasteiger partial charge in [0.2, 0.25) is 0 Å². The average molecular weight is 355 g/mol. The minimum absolute atomic E-state index is 0.105. The molecule has 0 atom stereocenters. The monoisotopic (exact) mass is 355 g/mol. The van der Waals surface area contributed by atoms with E-state index in [1.54, 1.807) is 29.3 Å². The second-order valence-corrected chi connectivity index (χ2v) is 7.89. The summed E-state index contributed by atoms with van der Waals surface area (Å²) in [6.45, 7) is 2.76. The van der Waals surface area contributed by atoms with Crippen LogP contribution in [0.1, 0.15) is 21.5 Å². The number of aryl methyl sites for hydroxylation is 1. The number of H-pyrrole nitrogens is 1. The van der Waals surface area contributed by atoms with Gasteiger partial charge in [-0.3, -0.25) is 9.89 Å². The summed E-state index contributed by atoms with van der Waals surface area (Å²) in [5.74, 6) is 0.105. The Morgan fingerprint density at radius 2 is 2.21 bits per heavy atom. The topological polar surface area (TPSA) is 49.0 Å². The maximum absolute atomic E-state index is 13.2. The molecule has 0 unspecified atom stereocenters. The van der Waals surface area contributed by atoms with E-state index in [9.17, 15) is 4.79 Å². The molecule has 3 aromatic rings. The molecule has 1 aliphatic rings. The number of rotatable bonds is 3. The van der Waals surface area contributed by atoms with Crippen LogP contribution in [0.25, 0.3) is 10.6 Å². The molecule has 4 rings (SSSR count). The predicted molar refractivity (Wildman–Crippen MR) is 100 cm³/mol. The molecule has 24 heavy (non-hydrogen) atoms. The van der Waals surface area contributed by atoms with Crippen molar-refractivity contribution < 1.29 is 4.79 Å². The predicted octanol–water partition coefficient (Wildman–Crippen LogP) is 4.37. The molecule has 0 radical (unpaired) electrons. The molecular weight excluding hydrogens is 338 g/mol. The molecule has 0 spiro atoms. The molecule has 0 saturated carbocycles. The lowest BCUT2D eigenvalue weighted by Crippen LogP contribution is -2.37. The van der Waals surface area contributed by atoms with Crippen LogP contribution in [-0.2, 0) is 6.42 Å². The van der Waals surface area contributed by atoms with Gasteiger partial charge in [0.15, 0.2) is 0 Å². The van der Waals surface area contributed by atoms with Crippen molar-refractivity contribution in [2.45, 2.75) is 17.6 Å². The van der Waals surface area contributed by atoms with E-state index >= 15 is 0 Å². The Balaban J connectivity index is 1.80. The molecule has 1 N–H and O–H groups in total. The number of aromatic nitrogens is 2. The summed E-state index contributed by atoms with van der Waals surface area (Å²) in [5, 5.41) is 7.09. The Kier molecular flexibility index (Phi) is 3.94. The van der Waals surface area contributed by atoms with Gasteiger partial charge in [0, 0.05) is 18.4 Å². The molecule has 122 valence electrons. The number of thiophene rings is 1. The number of nitrogens with zero attached hydrogens (tertiary/aromatic N) is 2. The maximum atomic E-state index is 13.2. The van der Waals surface area contributed by atoms with E-state index in [0.29, 0.717) is 6.54 Å². The van der Waals surface area contributed by atoms with Gasteiger partial charge in [-0.2, -0.15) is 5.10 Å². The Labute approximate surface area is 148 Å². The van der Waals surface area contributed by atoms with E-state index < -0.39 is 0 Å². The molecule has 0 fully saturated rings. The van der Waals surface area contributed by atoms with E-state index in [-0.39, 0.29) is 5.91 Å². The Morgan fingerprint density at radius 1 is 1.33 bits per heavy atom. The van der Waals surface area contributed by atoms with E-state index in [1.807, 2.05) is 29.4 Å². The summed E-state index contributed by atoms with van der Waals surface area (Å²) in [4.78, 5) is 16.2. The number of anilines is 1. The number of carbonyl (C=O) groups is 1. The van der Waals surface area contributed by atoms with Crippen LogP contribution in [0.5, 0.6) is 0 Å². The molecule has 0 saturated heterocycles. The van der Waals surface area contributed by atoms with Crippen LogP contribution >= 0.6 is 23.1 Å². The fourth-order valence-electron chi connectivity index (χ4n) is 3.14. The second-order valence-electron chi connectivity index (χ2n) is 5.79. The maximum Gasteiger partial charge on any atom is 0.260 e. The van der Waals surface area contributed by atoms with Gasteiger partial charge >= 0.3 is 0 Å². The van der Waals surface area contributed by atoms with Crippen molar-refractivity contribution >= 4 is 34.7 Å². The number of amides is 1. The summed E-state index contributed by atoms with van der Waals surface area (Å²) in [5.41, 5.74) is 5.16. The minimum atomic E-state index is 0.105. The average Bonchev–Trinajstić information content (AvgIpc) is 3.22. The van der Waals surface area contributed by atoms with E-state index in [0.717, 1.165) is 38.0 Å². The highest BCUT2D eigenvalue weighted by Crippen LogP contribution is 2.43. The Bertz CT molecular complexity index is 899. The van der Waals surface area contributed by atoms with Gasteiger partial charge in [-0.25, -0.2) is 0 Å². The van der Waals surface area contributed by atoms with Crippen molar-refractivity contribution in [2.75, 3.05) is 17.7 Å². The highest BCUT2D eigenvalue weighted by molar-refractivity contribution is 8.00. The first-order valence-electron chi connectivity index (χ1n) is 7.77. The molecule has 2 aromatic heterocycles. The van der Waals surface area contributed by atoms with Crippen molar-refractivity contribution in [3.8, 4) is 10.6 Å². The molecule has 0 bridgehead atoms. The van der Waals surface area contributed by atoms with Crippen molar-refractivity contribution in [3.05, 3.63) is 53.2 Å². The van der Waals surface area contributed by atoms with Crippen molar-refractivity contribution in [3.63, 3.8) is 0 Å². The van der Waals surface area contributed by atoms with E-state index in [1.165, 1.54) is 5.56 Å². The van der Waals surface area contributed by atoms with Gasteiger partial charge < -0.3 is 4.90 Å². The summed E-state index contributed by atoms with van der Waals surface area (Å²) in [6, 6.07) is 10.1. The zero-order valence-electron chi connectivity index (χ0n) is 13.5.